The Hall–Kier alpha value is -4.33. The summed E-state index contributed by atoms with van der Waals surface area (Å²) in [5.74, 6) is 1.52. The first-order valence-corrected chi connectivity index (χ1v) is 12.2. The van der Waals surface area contributed by atoms with E-state index < -0.39 is 0 Å². The molecule has 36 heavy (non-hydrogen) atoms. The highest BCUT2D eigenvalue weighted by Gasteiger charge is 2.23. The number of hydrogen-bond donors (Lipinski definition) is 1. The second kappa shape index (κ2) is 10.9. The summed E-state index contributed by atoms with van der Waals surface area (Å²) in [7, 11) is 0. The molecule has 5 rings (SSSR count). The number of pyridine rings is 1. The van der Waals surface area contributed by atoms with Crippen molar-refractivity contribution in [1.82, 2.24) is 30.0 Å². The van der Waals surface area contributed by atoms with E-state index in [1.54, 1.807) is 12.4 Å². The summed E-state index contributed by atoms with van der Waals surface area (Å²) in [5, 5.41) is 11.5. The lowest BCUT2D eigenvalue weighted by molar-refractivity contribution is -0.121. The Morgan fingerprint density at radius 1 is 0.861 bits per heavy atom. The van der Waals surface area contributed by atoms with Crippen LogP contribution in [0.2, 0.25) is 0 Å². The predicted molar refractivity (Wildman–Crippen MR) is 136 cm³/mol. The van der Waals surface area contributed by atoms with E-state index in [4.69, 9.17) is 0 Å². The van der Waals surface area contributed by atoms with Gasteiger partial charge in [-0.3, -0.25) is 14.6 Å². The van der Waals surface area contributed by atoms with Crippen molar-refractivity contribution >= 4 is 11.8 Å². The Bertz CT molecular complexity index is 1320. The molecule has 1 aliphatic heterocycles. The second-order valence-corrected chi connectivity index (χ2v) is 8.81. The molecule has 182 valence electrons. The van der Waals surface area contributed by atoms with Crippen molar-refractivity contribution in [3.05, 3.63) is 102 Å². The maximum atomic E-state index is 13.2. The van der Waals surface area contributed by atoms with Gasteiger partial charge in [-0.1, -0.05) is 48.5 Å². The number of nitrogens with zero attached hydrogens (tertiary/aromatic N) is 5. The number of carbonyl (C=O) groups is 2. The molecule has 0 radical (unpaired) electrons. The van der Waals surface area contributed by atoms with E-state index in [0.717, 1.165) is 22.5 Å². The van der Waals surface area contributed by atoms with Crippen LogP contribution in [0.1, 0.15) is 34.0 Å². The second-order valence-electron chi connectivity index (χ2n) is 8.81. The van der Waals surface area contributed by atoms with Crippen molar-refractivity contribution in [2.24, 2.45) is 0 Å². The standard InChI is InChI=1S/C28H28N6O2/c35-27(13-8-21-5-4-15-29-19-21)30-20-26-32-31-25-14-16-33(17-18-34(25)26)28(36)24-11-9-23(10-12-24)22-6-2-1-3-7-22/h1-7,9-12,15,19H,8,13-14,16-18,20H2,(H,30,35). The molecule has 0 saturated carbocycles. The third-order valence-electron chi connectivity index (χ3n) is 6.44. The molecule has 0 unspecified atom stereocenters. The summed E-state index contributed by atoms with van der Waals surface area (Å²) in [6.45, 7) is 2.05. The Morgan fingerprint density at radius 2 is 1.67 bits per heavy atom. The van der Waals surface area contributed by atoms with Gasteiger partial charge >= 0.3 is 0 Å². The van der Waals surface area contributed by atoms with Crippen LogP contribution >= 0.6 is 0 Å². The largest absolute Gasteiger partial charge is 0.349 e. The van der Waals surface area contributed by atoms with E-state index in [9.17, 15) is 9.59 Å². The average molecular weight is 481 g/mol. The topological polar surface area (TPSA) is 93.0 Å². The summed E-state index contributed by atoms with van der Waals surface area (Å²) >= 11 is 0. The molecule has 2 amide bonds. The van der Waals surface area contributed by atoms with Gasteiger partial charge in [-0.05, 0) is 41.3 Å². The first-order valence-electron chi connectivity index (χ1n) is 12.2. The fourth-order valence-electron chi connectivity index (χ4n) is 4.41. The highest BCUT2D eigenvalue weighted by atomic mass is 16.2. The minimum absolute atomic E-state index is 0.0126. The van der Waals surface area contributed by atoms with Gasteiger partial charge in [0.05, 0.1) is 6.54 Å². The lowest BCUT2D eigenvalue weighted by Crippen LogP contribution is -2.34. The van der Waals surface area contributed by atoms with Crippen molar-refractivity contribution in [2.45, 2.75) is 32.4 Å². The third kappa shape index (κ3) is 5.49. The average Bonchev–Trinajstić information content (AvgIpc) is 3.20. The molecule has 8 nitrogen and oxygen atoms in total. The number of fused-ring (bicyclic) bond motifs is 1. The van der Waals surface area contributed by atoms with Gasteiger partial charge in [-0.25, -0.2) is 0 Å². The SMILES string of the molecule is O=C(CCc1cccnc1)NCc1nnc2n1CCN(C(=O)c1ccc(-c3ccccc3)cc1)CC2. The van der Waals surface area contributed by atoms with Gasteiger partial charge in [0.2, 0.25) is 5.91 Å². The lowest BCUT2D eigenvalue weighted by Gasteiger charge is -2.20. The lowest BCUT2D eigenvalue weighted by atomic mass is 10.0. The molecule has 0 aliphatic carbocycles. The minimum Gasteiger partial charge on any atom is -0.349 e. The molecular weight excluding hydrogens is 452 g/mol. The van der Waals surface area contributed by atoms with E-state index in [0.29, 0.717) is 56.8 Å². The van der Waals surface area contributed by atoms with Gasteiger partial charge in [0.25, 0.3) is 5.91 Å². The number of hydrogen-bond acceptors (Lipinski definition) is 5. The zero-order valence-electron chi connectivity index (χ0n) is 20.0. The monoisotopic (exact) mass is 480 g/mol. The maximum absolute atomic E-state index is 13.2. The number of amides is 2. The van der Waals surface area contributed by atoms with Crippen LogP contribution < -0.4 is 5.32 Å². The van der Waals surface area contributed by atoms with Crippen molar-refractivity contribution in [1.29, 1.82) is 0 Å². The van der Waals surface area contributed by atoms with Crippen LogP contribution in [-0.2, 0) is 30.7 Å². The highest BCUT2D eigenvalue weighted by Crippen LogP contribution is 2.20. The highest BCUT2D eigenvalue weighted by molar-refractivity contribution is 5.94. The molecule has 1 N–H and O–H groups in total. The van der Waals surface area contributed by atoms with Crippen molar-refractivity contribution in [3.63, 3.8) is 0 Å². The molecule has 0 spiro atoms. The van der Waals surface area contributed by atoms with E-state index in [1.165, 1.54) is 0 Å². The molecule has 0 bridgehead atoms. The quantitative estimate of drug-likeness (QED) is 0.438. The number of aromatic nitrogens is 4. The Labute approximate surface area is 210 Å². The molecule has 4 aromatic rings. The summed E-state index contributed by atoms with van der Waals surface area (Å²) in [4.78, 5) is 31.4. The van der Waals surface area contributed by atoms with Crippen molar-refractivity contribution < 1.29 is 9.59 Å². The van der Waals surface area contributed by atoms with Crippen LogP contribution in [0, 0.1) is 0 Å². The maximum Gasteiger partial charge on any atom is 0.253 e. The van der Waals surface area contributed by atoms with E-state index in [2.05, 4.69) is 32.6 Å². The van der Waals surface area contributed by atoms with E-state index >= 15 is 0 Å². The normalized spacial score (nSPS) is 13.1. The third-order valence-corrected chi connectivity index (χ3v) is 6.44. The molecule has 0 fully saturated rings. The Morgan fingerprint density at radius 3 is 2.44 bits per heavy atom. The first-order chi connectivity index (χ1) is 17.7. The molecule has 1 aliphatic rings. The van der Waals surface area contributed by atoms with Crippen LogP contribution in [0.25, 0.3) is 11.1 Å². The summed E-state index contributed by atoms with van der Waals surface area (Å²) in [6.07, 6.45) is 5.14. The van der Waals surface area contributed by atoms with Gasteiger partial charge in [0, 0.05) is 50.4 Å². The van der Waals surface area contributed by atoms with E-state index in [-0.39, 0.29) is 11.8 Å². The number of carbonyl (C=O) groups excluding carboxylic acids is 2. The van der Waals surface area contributed by atoms with Crippen LogP contribution in [0.5, 0.6) is 0 Å². The molecule has 2 aromatic carbocycles. The van der Waals surface area contributed by atoms with Gasteiger partial charge in [-0.15, -0.1) is 10.2 Å². The zero-order valence-corrected chi connectivity index (χ0v) is 20.0. The fourth-order valence-corrected chi connectivity index (χ4v) is 4.41. The smallest absolute Gasteiger partial charge is 0.253 e. The van der Waals surface area contributed by atoms with Crippen LogP contribution in [-0.4, -0.2) is 49.6 Å². The Balaban J connectivity index is 1.16. The minimum atomic E-state index is -0.0411. The molecular formula is C28H28N6O2. The predicted octanol–water partition coefficient (Wildman–Crippen LogP) is 3.29. The zero-order chi connectivity index (χ0) is 24.7. The molecule has 0 saturated heterocycles. The molecule has 0 atom stereocenters. The van der Waals surface area contributed by atoms with Crippen molar-refractivity contribution in [2.75, 3.05) is 13.1 Å². The van der Waals surface area contributed by atoms with Gasteiger partial charge < -0.3 is 14.8 Å². The number of aryl methyl sites for hydroxylation is 1. The van der Waals surface area contributed by atoms with Crippen LogP contribution in [0.4, 0.5) is 0 Å². The first kappa shape index (κ1) is 23.4. The summed E-state index contributed by atoms with van der Waals surface area (Å²) in [6, 6.07) is 21.7. The van der Waals surface area contributed by atoms with Crippen LogP contribution in [0.15, 0.2) is 79.1 Å². The van der Waals surface area contributed by atoms with Gasteiger partial charge in [0.1, 0.15) is 5.82 Å². The summed E-state index contributed by atoms with van der Waals surface area (Å²) in [5.41, 5.74) is 3.92. The molecule has 8 heteroatoms. The Kier molecular flexibility index (Phi) is 7.12. The number of benzene rings is 2. The van der Waals surface area contributed by atoms with Gasteiger partial charge in [0.15, 0.2) is 5.82 Å². The van der Waals surface area contributed by atoms with Crippen LogP contribution in [0.3, 0.4) is 0 Å². The molecule has 2 aromatic heterocycles. The summed E-state index contributed by atoms with van der Waals surface area (Å²) < 4.78 is 2.02. The van der Waals surface area contributed by atoms with Crippen molar-refractivity contribution in [3.8, 4) is 11.1 Å². The van der Waals surface area contributed by atoms with E-state index in [1.807, 2.05) is 64.1 Å². The number of nitrogens with one attached hydrogen (secondary N) is 1. The number of rotatable bonds is 7. The molecule has 3 heterocycles. The van der Waals surface area contributed by atoms with Gasteiger partial charge in [-0.2, -0.15) is 0 Å². The fraction of sp³-hybridized carbons (Fsp3) is 0.250.